The zero-order valence-corrected chi connectivity index (χ0v) is 12.8. The third-order valence-corrected chi connectivity index (χ3v) is 4.13. The van der Waals surface area contributed by atoms with E-state index in [1.54, 1.807) is 6.92 Å². The van der Waals surface area contributed by atoms with Gasteiger partial charge >= 0.3 is 5.97 Å². The Kier molecular flexibility index (Phi) is 5.76. The van der Waals surface area contributed by atoms with Gasteiger partial charge < -0.3 is 14.7 Å². The number of likely N-dealkylation sites (tertiary alicyclic amines) is 1. The zero-order valence-electron chi connectivity index (χ0n) is 12.8. The molecule has 116 valence electrons. The van der Waals surface area contributed by atoms with Crippen LogP contribution in [0.4, 0.5) is 0 Å². The van der Waals surface area contributed by atoms with E-state index in [-0.39, 0.29) is 12.4 Å². The number of esters is 1. The van der Waals surface area contributed by atoms with Crippen LogP contribution < -0.4 is 0 Å². The first kappa shape index (κ1) is 16.0. The van der Waals surface area contributed by atoms with Crippen LogP contribution >= 0.6 is 0 Å². The summed E-state index contributed by atoms with van der Waals surface area (Å²) in [4.78, 5) is 13.9. The normalized spacial score (nSPS) is 18.4. The summed E-state index contributed by atoms with van der Waals surface area (Å²) in [6.07, 6.45) is 2.42. The Balaban J connectivity index is 1.73. The van der Waals surface area contributed by atoms with Gasteiger partial charge in [-0.1, -0.05) is 30.3 Å². The maximum Gasteiger partial charge on any atom is 0.308 e. The van der Waals surface area contributed by atoms with Crippen molar-refractivity contribution in [1.29, 1.82) is 0 Å². The van der Waals surface area contributed by atoms with Crippen LogP contribution in [0, 0.1) is 0 Å². The van der Waals surface area contributed by atoms with Crippen LogP contribution in [0.5, 0.6) is 0 Å². The fourth-order valence-corrected chi connectivity index (χ4v) is 2.78. The second kappa shape index (κ2) is 7.57. The van der Waals surface area contributed by atoms with Gasteiger partial charge in [0, 0.05) is 19.6 Å². The van der Waals surface area contributed by atoms with Crippen LogP contribution in [0.1, 0.15) is 31.7 Å². The molecule has 0 saturated carbocycles. The van der Waals surface area contributed by atoms with Crippen molar-refractivity contribution in [2.45, 2.75) is 38.2 Å². The van der Waals surface area contributed by atoms with Gasteiger partial charge in [-0.2, -0.15) is 0 Å². The average Bonchev–Trinajstić information content (AvgIpc) is 2.48. The SMILES string of the molecule is CCOC(=O)CC1(O)CCN(CCc2ccccc2)CC1. The van der Waals surface area contributed by atoms with Crippen LogP contribution in [0.15, 0.2) is 30.3 Å². The molecular weight excluding hydrogens is 266 g/mol. The highest BCUT2D eigenvalue weighted by Crippen LogP contribution is 2.26. The van der Waals surface area contributed by atoms with Crippen LogP contribution in [0.2, 0.25) is 0 Å². The van der Waals surface area contributed by atoms with E-state index in [1.807, 2.05) is 6.07 Å². The number of carbonyl (C=O) groups excluding carboxylic acids is 1. The summed E-state index contributed by atoms with van der Waals surface area (Å²) in [7, 11) is 0. The van der Waals surface area contributed by atoms with E-state index >= 15 is 0 Å². The van der Waals surface area contributed by atoms with Gasteiger partial charge in [-0.05, 0) is 31.7 Å². The van der Waals surface area contributed by atoms with Crippen LogP contribution in [0.3, 0.4) is 0 Å². The molecule has 0 aliphatic carbocycles. The second-order valence-corrected chi connectivity index (χ2v) is 5.78. The summed E-state index contributed by atoms with van der Waals surface area (Å²) in [6.45, 7) is 4.83. The van der Waals surface area contributed by atoms with Crippen molar-refractivity contribution in [3.8, 4) is 0 Å². The number of piperidine rings is 1. The lowest BCUT2D eigenvalue weighted by Crippen LogP contribution is -2.46. The molecule has 1 aliphatic rings. The van der Waals surface area contributed by atoms with Crippen molar-refractivity contribution < 1.29 is 14.6 Å². The standard InChI is InChI=1S/C17H25NO3/c1-2-21-16(19)14-17(20)9-12-18(13-10-17)11-8-15-6-4-3-5-7-15/h3-7,20H,2,8-14H2,1H3. The molecule has 21 heavy (non-hydrogen) atoms. The van der Waals surface area contributed by atoms with Crippen LogP contribution in [-0.4, -0.2) is 47.8 Å². The first-order valence-corrected chi connectivity index (χ1v) is 7.75. The van der Waals surface area contributed by atoms with Gasteiger partial charge in [-0.15, -0.1) is 0 Å². The molecule has 4 heteroatoms. The van der Waals surface area contributed by atoms with Crippen molar-refractivity contribution in [1.82, 2.24) is 4.90 Å². The van der Waals surface area contributed by atoms with E-state index in [4.69, 9.17) is 4.74 Å². The number of hydrogen-bond acceptors (Lipinski definition) is 4. The molecule has 1 aliphatic heterocycles. The van der Waals surface area contributed by atoms with Crippen molar-refractivity contribution in [2.75, 3.05) is 26.2 Å². The first-order chi connectivity index (χ1) is 10.1. The summed E-state index contributed by atoms with van der Waals surface area (Å²) in [5.74, 6) is -0.294. The predicted octanol–water partition coefficient (Wildman–Crippen LogP) is 2.01. The van der Waals surface area contributed by atoms with E-state index < -0.39 is 5.60 Å². The molecule has 2 rings (SSSR count). The minimum atomic E-state index is -0.879. The van der Waals surface area contributed by atoms with Gasteiger partial charge in [0.15, 0.2) is 0 Å². The number of aliphatic hydroxyl groups is 1. The second-order valence-electron chi connectivity index (χ2n) is 5.78. The Morgan fingerprint density at radius 1 is 1.29 bits per heavy atom. The highest BCUT2D eigenvalue weighted by atomic mass is 16.5. The molecule has 0 amide bonds. The fourth-order valence-electron chi connectivity index (χ4n) is 2.78. The monoisotopic (exact) mass is 291 g/mol. The molecule has 1 heterocycles. The maximum absolute atomic E-state index is 11.5. The molecule has 4 nitrogen and oxygen atoms in total. The Morgan fingerprint density at radius 2 is 1.95 bits per heavy atom. The smallest absolute Gasteiger partial charge is 0.308 e. The first-order valence-electron chi connectivity index (χ1n) is 7.75. The highest BCUT2D eigenvalue weighted by molar-refractivity contribution is 5.70. The number of benzene rings is 1. The van der Waals surface area contributed by atoms with Crippen LogP contribution in [0.25, 0.3) is 0 Å². The molecule has 0 bridgehead atoms. The molecule has 1 aromatic carbocycles. The van der Waals surface area contributed by atoms with Gasteiger partial charge in [0.25, 0.3) is 0 Å². The van der Waals surface area contributed by atoms with Gasteiger partial charge in [-0.25, -0.2) is 0 Å². The Labute approximate surface area is 126 Å². The van der Waals surface area contributed by atoms with Gasteiger partial charge in [-0.3, -0.25) is 4.79 Å². The quantitative estimate of drug-likeness (QED) is 0.815. The molecular formula is C17H25NO3. The lowest BCUT2D eigenvalue weighted by molar-refractivity contribution is -0.150. The zero-order chi connectivity index (χ0) is 15.1. The molecule has 1 saturated heterocycles. The molecule has 0 radical (unpaired) electrons. The topological polar surface area (TPSA) is 49.8 Å². The molecule has 1 fully saturated rings. The lowest BCUT2D eigenvalue weighted by Gasteiger charge is -2.37. The van der Waals surface area contributed by atoms with Gasteiger partial charge in [0.2, 0.25) is 0 Å². The molecule has 1 aromatic rings. The maximum atomic E-state index is 11.5. The van der Waals surface area contributed by atoms with Crippen molar-refractivity contribution >= 4 is 5.97 Å². The predicted molar refractivity (Wildman–Crippen MR) is 82.0 cm³/mol. The van der Waals surface area contributed by atoms with E-state index in [0.29, 0.717) is 19.4 Å². The van der Waals surface area contributed by atoms with Gasteiger partial charge in [0.1, 0.15) is 0 Å². The highest BCUT2D eigenvalue weighted by Gasteiger charge is 2.34. The minimum absolute atomic E-state index is 0.118. The van der Waals surface area contributed by atoms with Crippen molar-refractivity contribution in [3.63, 3.8) is 0 Å². The molecule has 0 atom stereocenters. The lowest BCUT2D eigenvalue weighted by atomic mass is 9.88. The number of ether oxygens (including phenoxy) is 1. The Bertz CT molecular complexity index is 439. The Morgan fingerprint density at radius 3 is 2.57 bits per heavy atom. The summed E-state index contributed by atoms with van der Waals surface area (Å²) in [6, 6.07) is 10.4. The minimum Gasteiger partial charge on any atom is -0.466 e. The number of hydrogen-bond donors (Lipinski definition) is 1. The fraction of sp³-hybridized carbons (Fsp3) is 0.588. The van der Waals surface area contributed by atoms with E-state index in [0.717, 1.165) is 26.1 Å². The summed E-state index contributed by atoms with van der Waals surface area (Å²) < 4.78 is 4.93. The molecule has 0 spiro atoms. The number of rotatable bonds is 6. The molecule has 1 N–H and O–H groups in total. The summed E-state index contributed by atoms with van der Waals surface area (Å²) in [5, 5.41) is 10.4. The third kappa shape index (κ3) is 5.14. The number of carbonyl (C=O) groups is 1. The van der Waals surface area contributed by atoms with Crippen LogP contribution in [-0.2, 0) is 16.0 Å². The van der Waals surface area contributed by atoms with Crippen molar-refractivity contribution in [2.24, 2.45) is 0 Å². The molecule has 0 aromatic heterocycles. The molecule has 0 unspecified atom stereocenters. The third-order valence-electron chi connectivity index (χ3n) is 4.13. The van der Waals surface area contributed by atoms with Gasteiger partial charge in [0.05, 0.1) is 18.6 Å². The van der Waals surface area contributed by atoms with Crippen molar-refractivity contribution in [3.05, 3.63) is 35.9 Å². The Hall–Kier alpha value is -1.39. The van der Waals surface area contributed by atoms with E-state index in [1.165, 1.54) is 5.56 Å². The average molecular weight is 291 g/mol. The van der Waals surface area contributed by atoms with E-state index in [2.05, 4.69) is 29.2 Å². The summed E-state index contributed by atoms with van der Waals surface area (Å²) >= 11 is 0. The van der Waals surface area contributed by atoms with E-state index in [9.17, 15) is 9.90 Å². The summed E-state index contributed by atoms with van der Waals surface area (Å²) in [5.41, 5.74) is 0.458. The largest absolute Gasteiger partial charge is 0.466 e. The number of nitrogens with zero attached hydrogens (tertiary/aromatic N) is 1.